The number of hydrogen-bond donors (Lipinski definition) is 2. The molecule has 200 valence electrons. The third-order valence-electron chi connectivity index (χ3n) is 6.19. The van der Waals surface area contributed by atoms with E-state index in [4.69, 9.17) is 9.47 Å². The van der Waals surface area contributed by atoms with Crippen molar-refractivity contribution in [2.45, 2.75) is 19.1 Å². The maximum atomic E-state index is 13.4. The van der Waals surface area contributed by atoms with Gasteiger partial charge in [0.2, 0.25) is 0 Å². The molecular formula is C32H27N3O5. The van der Waals surface area contributed by atoms with Crippen molar-refractivity contribution in [3.63, 3.8) is 0 Å². The topological polar surface area (TPSA) is 110 Å². The van der Waals surface area contributed by atoms with E-state index in [1.165, 1.54) is 0 Å². The molecule has 8 heteroatoms. The van der Waals surface area contributed by atoms with Crippen LogP contribution < -0.4 is 15.6 Å². The average Bonchev–Trinajstić information content (AvgIpc) is 2.98. The Hall–Kier alpha value is -5.08. The van der Waals surface area contributed by atoms with Crippen molar-refractivity contribution in [2.75, 3.05) is 6.61 Å². The van der Waals surface area contributed by atoms with Crippen molar-refractivity contribution in [3.05, 3.63) is 136 Å². The first-order valence-electron chi connectivity index (χ1n) is 12.8. The minimum atomic E-state index is -0.996. The van der Waals surface area contributed by atoms with E-state index in [1.807, 2.05) is 60.7 Å². The first-order chi connectivity index (χ1) is 19.5. The molecule has 1 aromatic heterocycles. The summed E-state index contributed by atoms with van der Waals surface area (Å²) < 4.78 is 11.6. The molecule has 0 aliphatic rings. The number of aromatic amines is 1. The van der Waals surface area contributed by atoms with Gasteiger partial charge in [0.25, 0.3) is 11.5 Å². The fraction of sp³-hybridized carbons (Fsp3) is 0.125. The van der Waals surface area contributed by atoms with E-state index in [2.05, 4.69) is 15.3 Å². The second-order valence-corrected chi connectivity index (χ2v) is 9.16. The molecule has 5 rings (SSSR count). The molecule has 5 aromatic rings. The predicted molar refractivity (Wildman–Crippen MR) is 151 cm³/mol. The Kier molecular flexibility index (Phi) is 8.38. The number of aromatic nitrogens is 2. The molecule has 2 N–H and O–H groups in total. The zero-order chi connectivity index (χ0) is 27.7. The van der Waals surface area contributed by atoms with E-state index in [9.17, 15) is 14.4 Å². The van der Waals surface area contributed by atoms with E-state index in [0.29, 0.717) is 22.5 Å². The van der Waals surface area contributed by atoms with Crippen LogP contribution in [0.4, 0.5) is 0 Å². The van der Waals surface area contributed by atoms with Crippen molar-refractivity contribution in [1.29, 1.82) is 0 Å². The molecular weight excluding hydrogens is 506 g/mol. The SMILES string of the molecule is O=C(NC(COCc1ccccc1)C(=O)Cc1ccc(Oc2ccccc2)cc1)c1nc2ccccc2[nH]c1=O. The molecule has 0 saturated carbocycles. The van der Waals surface area contributed by atoms with Crippen LogP contribution in [-0.2, 0) is 22.6 Å². The summed E-state index contributed by atoms with van der Waals surface area (Å²) in [5.41, 5.74) is 1.70. The molecule has 4 aromatic carbocycles. The summed E-state index contributed by atoms with van der Waals surface area (Å²) >= 11 is 0. The number of ether oxygens (including phenoxy) is 2. The largest absolute Gasteiger partial charge is 0.457 e. The lowest BCUT2D eigenvalue weighted by molar-refractivity contribution is -0.121. The number of benzene rings is 4. The summed E-state index contributed by atoms with van der Waals surface area (Å²) in [4.78, 5) is 45.9. The number of nitrogens with one attached hydrogen (secondary N) is 2. The Bertz CT molecular complexity index is 1650. The molecule has 0 bridgehead atoms. The minimum Gasteiger partial charge on any atom is -0.457 e. The number of Topliss-reactive ketones (excluding diaryl/α,β-unsaturated/α-hetero) is 1. The van der Waals surface area contributed by atoms with Gasteiger partial charge in [-0.25, -0.2) is 4.98 Å². The van der Waals surface area contributed by atoms with Gasteiger partial charge >= 0.3 is 0 Å². The highest BCUT2D eigenvalue weighted by Crippen LogP contribution is 2.21. The van der Waals surface area contributed by atoms with Crippen LogP contribution in [0.25, 0.3) is 11.0 Å². The third kappa shape index (κ3) is 6.86. The summed E-state index contributed by atoms with van der Waals surface area (Å²) in [5.74, 6) is 0.331. The lowest BCUT2D eigenvalue weighted by atomic mass is 10.0. The van der Waals surface area contributed by atoms with Crippen LogP contribution in [0.1, 0.15) is 21.6 Å². The van der Waals surface area contributed by atoms with E-state index >= 15 is 0 Å². The minimum absolute atomic E-state index is 0.0484. The van der Waals surface area contributed by atoms with Crippen molar-refractivity contribution in [1.82, 2.24) is 15.3 Å². The van der Waals surface area contributed by atoms with Gasteiger partial charge in [-0.3, -0.25) is 14.4 Å². The Morgan fingerprint density at radius 1 is 0.775 bits per heavy atom. The number of para-hydroxylation sites is 3. The van der Waals surface area contributed by atoms with Crippen molar-refractivity contribution >= 4 is 22.7 Å². The lowest BCUT2D eigenvalue weighted by Crippen LogP contribution is -2.46. The van der Waals surface area contributed by atoms with Crippen LogP contribution in [0, 0.1) is 0 Å². The molecule has 0 spiro atoms. The zero-order valence-corrected chi connectivity index (χ0v) is 21.6. The number of rotatable bonds is 11. The molecule has 1 heterocycles. The number of carbonyl (C=O) groups is 2. The second kappa shape index (κ2) is 12.6. The summed E-state index contributed by atoms with van der Waals surface area (Å²) in [7, 11) is 0. The number of amides is 1. The normalized spacial score (nSPS) is 11.6. The first-order valence-corrected chi connectivity index (χ1v) is 12.8. The van der Waals surface area contributed by atoms with Crippen molar-refractivity contribution in [3.8, 4) is 11.5 Å². The summed E-state index contributed by atoms with van der Waals surface area (Å²) in [6, 6.07) is 32.0. The van der Waals surface area contributed by atoms with Gasteiger partial charge in [-0.05, 0) is 47.5 Å². The lowest BCUT2D eigenvalue weighted by Gasteiger charge is -2.18. The molecule has 0 aliphatic carbocycles. The van der Waals surface area contributed by atoms with Gasteiger partial charge in [0.1, 0.15) is 17.5 Å². The Morgan fingerprint density at radius 3 is 2.17 bits per heavy atom. The molecule has 0 fully saturated rings. The van der Waals surface area contributed by atoms with Crippen LogP contribution in [0.2, 0.25) is 0 Å². The highest BCUT2D eigenvalue weighted by molar-refractivity contribution is 5.98. The maximum absolute atomic E-state index is 13.4. The van der Waals surface area contributed by atoms with Gasteiger partial charge in [-0.2, -0.15) is 0 Å². The van der Waals surface area contributed by atoms with Crippen LogP contribution >= 0.6 is 0 Å². The van der Waals surface area contributed by atoms with Crippen molar-refractivity contribution < 1.29 is 19.1 Å². The van der Waals surface area contributed by atoms with E-state index in [1.54, 1.807) is 48.5 Å². The fourth-order valence-electron chi connectivity index (χ4n) is 4.12. The summed E-state index contributed by atoms with van der Waals surface area (Å²) in [5, 5.41) is 2.67. The monoisotopic (exact) mass is 533 g/mol. The highest BCUT2D eigenvalue weighted by atomic mass is 16.5. The number of nitrogens with zero attached hydrogens (tertiary/aromatic N) is 1. The average molecular weight is 534 g/mol. The molecule has 0 aliphatic heterocycles. The van der Waals surface area contributed by atoms with Gasteiger partial charge in [-0.15, -0.1) is 0 Å². The van der Waals surface area contributed by atoms with Gasteiger partial charge in [0, 0.05) is 6.42 Å². The second-order valence-electron chi connectivity index (χ2n) is 9.16. The van der Waals surface area contributed by atoms with Gasteiger partial charge < -0.3 is 19.8 Å². The number of hydrogen-bond acceptors (Lipinski definition) is 6. The Labute approximate surface area is 230 Å². The Morgan fingerprint density at radius 2 is 1.43 bits per heavy atom. The van der Waals surface area contributed by atoms with E-state index in [0.717, 1.165) is 11.1 Å². The van der Waals surface area contributed by atoms with Gasteiger partial charge in [0.05, 0.1) is 24.2 Å². The third-order valence-corrected chi connectivity index (χ3v) is 6.19. The van der Waals surface area contributed by atoms with Crippen LogP contribution in [0.15, 0.2) is 114 Å². The summed E-state index contributed by atoms with van der Waals surface area (Å²) in [6.07, 6.45) is 0.0484. The standard InChI is InChI=1S/C32H27N3O5/c36-29(19-22-15-17-25(18-16-22)40-24-11-5-2-6-12-24)28(21-39-20-23-9-3-1-4-10-23)35-32(38)30-31(37)34-27-14-8-7-13-26(27)33-30/h1-18,28H,19-21H2,(H,34,37)(H,35,38). The fourth-order valence-corrected chi connectivity index (χ4v) is 4.12. The maximum Gasteiger partial charge on any atom is 0.280 e. The predicted octanol–water partition coefficient (Wildman–Crippen LogP) is 4.84. The van der Waals surface area contributed by atoms with Gasteiger partial charge in [-0.1, -0.05) is 72.8 Å². The van der Waals surface area contributed by atoms with E-state index < -0.39 is 17.5 Å². The molecule has 8 nitrogen and oxygen atoms in total. The first kappa shape index (κ1) is 26.5. The molecule has 0 radical (unpaired) electrons. The molecule has 1 atom stereocenters. The van der Waals surface area contributed by atoms with Crippen molar-refractivity contribution in [2.24, 2.45) is 0 Å². The Balaban J connectivity index is 1.29. The molecule has 1 amide bonds. The van der Waals surface area contributed by atoms with Crippen LogP contribution in [-0.4, -0.2) is 34.3 Å². The quantitative estimate of drug-likeness (QED) is 0.251. The number of ketones is 1. The molecule has 40 heavy (non-hydrogen) atoms. The number of fused-ring (bicyclic) bond motifs is 1. The highest BCUT2D eigenvalue weighted by Gasteiger charge is 2.24. The van der Waals surface area contributed by atoms with Crippen LogP contribution in [0.3, 0.4) is 0 Å². The molecule has 0 saturated heterocycles. The zero-order valence-electron chi connectivity index (χ0n) is 21.6. The van der Waals surface area contributed by atoms with Gasteiger partial charge in [0.15, 0.2) is 11.5 Å². The number of carbonyl (C=O) groups excluding carboxylic acids is 2. The smallest absolute Gasteiger partial charge is 0.280 e. The number of H-pyrrole nitrogens is 1. The molecule has 1 unspecified atom stereocenters. The van der Waals surface area contributed by atoms with Crippen LogP contribution in [0.5, 0.6) is 11.5 Å². The van der Waals surface area contributed by atoms with E-state index in [-0.39, 0.29) is 31.1 Å². The summed E-state index contributed by atoms with van der Waals surface area (Å²) in [6.45, 7) is 0.195.